The molecule has 3 heterocycles. The lowest BCUT2D eigenvalue weighted by Crippen LogP contribution is -2.52. The van der Waals surface area contributed by atoms with Crippen LogP contribution in [-0.4, -0.2) is 40.9 Å². The van der Waals surface area contributed by atoms with Crippen molar-refractivity contribution in [2.24, 2.45) is 0 Å². The summed E-state index contributed by atoms with van der Waals surface area (Å²) in [5.41, 5.74) is 1.22. The topological polar surface area (TPSA) is 81.1 Å². The molecule has 1 fully saturated rings. The zero-order valence-electron chi connectivity index (χ0n) is 15.0. The second-order valence-corrected chi connectivity index (χ2v) is 7.43. The maximum Gasteiger partial charge on any atom is 0.254 e. The number of benzene rings is 1. The Bertz CT molecular complexity index is 906. The van der Waals surface area contributed by atoms with Gasteiger partial charge in [0.1, 0.15) is 5.54 Å². The molecular formula is C18H22ClN5O2S. The van der Waals surface area contributed by atoms with E-state index in [1.807, 2.05) is 30.5 Å². The van der Waals surface area contributed by atoms with Crippen LogP contribution in [0.1, 0.15) is 18.4 Å². The summed E-state index contributed by atoms with van der Waals surface area (Å²) >= 11 is 1.48. The highest BCUT2D eigenvalue weighted by molar-refractivity contribution is 7.22. The Morgan fingerprint density at radius 1 is 1.37 bits per heavy atom. The van der Waals surface area contributed by atoms with Crippen molar-refractivity contribution in [1.29, 1.82) is 0 Å². The second-order valence-electron chi connectivity index (χ2n) is 6.40. The first-order valence-corrected chi connectivity index (χ1v) is 9.44. The summed E-state index contributed by atoms with van der Waals surface area (Å²) in [4.78, 5) is 17.9. The van der Waals surface area contributed by atoms with Crippen LogP contribution in [-0.2, 0) is 21.7 Å². The van der Waals surface area contributed by atoms with E-state index in [1.165, 1.54) is 11.3 Å². The average molecular weight is 408 g/mol. The average Bonchev–Trinajstić information content (AvgIpc) is 3.33. The minimum absolute atomic E-state index is 0. The van der Waals surface area contributed by atoms with Gasteiger partial charge in [-0.2, -0.15) is 5.10 Å². The molecule has 1 amide bonds. The van der Waals surface area contributed by atoms with Crippen molar-refractivity contribution in [3.63, 3.8) is 0 Å². The number of piperidine rings is 1. The fourth-order valence-corrected chi connectivity index (χ4v) is 4.38. The quantitative estimate of drug-likeness (QED) is 0.679. The monoisotopic (exact) mass is 407 g/mol. The molecule has 4 rings (SSSR count). The van der Waals surface area contributed by atoms with Gasteiger partial charge in [0.25, 0.3) is 5.91 Å². The molecule has 0 saturated carbocycles. The van der Waals surface area contributed by atoms with E-state index in [0.29, 0.717) is 24.6 Å². The summed E-state index contributed by atoms with van der Waals surface area (Å²) in [7, 11) is 1.67. The number of para-hydroxylation sites is 1. The van der Waals surface area contributed by atoms with Gasteiger partial charge in [-0.1, -0.05) is 23.5 Å². The first-order chi connectivity index (χ1) is 12.7. The number of rotatable bonds is 5. The predicted molar refractivity (Wildman–Crippen MR) is 109 cm³/mol. The van der Waals surface area contributed by atoms with Gasteiger partial charge in [0.15, 0.2) is 5.13 Å². The largest absolute Gasteiger partial charge is 0.380 e. The van der Waals surface area contributed by atoms with Gasteiger partial charge in [-0.3, -0.25) is 14.8 Å². The lowest BCUT2D eigenvalue weighted by atomic mass is 9.87. The zero-order chi connectivity index (χ0) is 18.0. The number of fused-ring (bicyclic) bond motifs is 1. The third-order valence-corrected chi connectivity index (χ3v) is 5.76. The number of halogens is 1. The maximum absolute atomic E-state index is 13.2. The number of nitrogens with zero attached hydrogens (tertiary/aromatic N) is 3. The number of ether oxygens (including phenoxy) is 1. The molecule has 0 aliphatic carbocycles. The van der Waals surface area contributed by atoms with Gasteiger partial charge >= 0.3 is 0 Å². The molecule has 9 heteroatoms. The number of anilines is 1. The number of carbonyl (C=O) groups excluding carboxylic acids is 1. The molecule has 144 valence electrons. The highest BCUT2D eigenvalue weighted by Gasteiger charge is 2.42. The fourth-order valence-electron chi connectivity index (χ4n) is 3.47. The van der Waals surface area contributed by atoms with Gasteiger partial charge in [0.2, 0.25) is 0 Å². The summed E-state index contributed by atoms with van der Waals surface area (Å²) in [5, 5.41) is 11.3. The highest BCUT2D eigenvalue weighted by atomic mass is 35.5. The number of hydrogen-bond acceptors (Lipinski definition) is 6. The second kappa shape index (κ2) is 8.35. The smallest absolute Gasteiger partial charge is 0.254 e. The van der Waals surface area contributed by atoms with E-state index in [1.54, 1.807) is 18.0 Å². The van der Waals surface area contributed by atoms with E-state index in [4.69, 9.17) is 4.74 Å². The molecule has 7 nitrogen and oxygen atoms in total. The number of hydrogen-bond donors (Lipinski definition) is 2. The molecule has 27 heavy (non-hydrogen) atoms. The molecule has 2 N–H and O–H groups in total. The zero-order valence-corrected chi connectivity index (χ0v) is 16.6. The summed E-state index contributed by atoms with van der Waals surface area (Å²) in [5.74, 6) is -0.0601. The van der Waals surface area contributed by atoms with Crippen molar-refractivity contribution in [2.45, 2.75) is 25.0 Å². The maximum atomic E-state index is 13.2. The first kappa shape index (κ1) is 19.8. The van der Waals surface area contributed by atoms with Crippen molar-refractivity contribution in [2.75, 3.05) is 25.5 Å². The molecule has 1 aliphatic heterocycles. The van der Waals surface area contributed by atoms with Gasteiger partial charge in [-0.25, -0.2) is 4.98 Å². The minimum atomic E-state index is -0.679. The third kappa shape index (κ3) is 3.70. The highest BCUT2D eigenvalue weighted by Crippen LogP contribution is 2.32. The Balaban J connectivity index is 0.00000210. The number of nitrogens with one attached hydrogen (secondary N) is 2. The SMILES string of the molecule is COCc1cccc2sc(NC(=O)C3(n4cccn4)CCNCC3)nc12.Cl. The van der Waals surface area contributed by atoms with E-state index >= 15 is 0 Å². The molecule has 2 aromatic heterocycles. The lowest BCUT2D eigenvalue weighted by molar-refractivity contribution is -0.126. The van der Waals surface area contributed by atoms with Crippen LogP contribution >= 0.6 is 23.7 Å². The molecule has 0 radical (unpaired) electrons. The Morgan fingerprint density at radius 2 is 2.19 bits per heavy atom. The van der Waals surface area contributed by atoms with Crippen LogP contribution < -0.4 is 10.6 Å². The van der Waals surface area contributed by atoms with E-state index in [9.17, 15) is 4.79 Å². The lowest BCUT2D eigenvalue weighted by Gasteiger charge is -2.36. The summed E-state index contributed by atoms with van der Waals surface area (Å²) in [6, 6.07) is 7.84. The molecule has 0 bridgehead atoms. The van der Waals surface area contributed by atoms with Crippen molar-refractivity contribution < 1.29 is 9.53 Å². The molecule has 1 aromatic carbocycles. The van der Waals surface area contributed by atoms with Crippen LogP contribution in [0, 0.1) is 0 Å². The normalized spacial score (nSPS) is 16.0. The van der Waals surface area contributed by atoms with Crippen LogP contribution in [0.25, 0.3) is 10.2 Å². The number of carbonyl (C=O) groups is 1. The molecule has 3 aromatic rings. The van der Waals surface area contributed by atoms with Crippen LogP contribution in [0.3, 0.4) is 0 Å². The minimum Gasteiger partial charge on any atom is -0.380 e. The van der Waals surface area contributed by atoms with Crippen molar-refractivity contribution in [3.8, 4) is 0 Å². The first-order valence-electron chi connectivity index (χ1n) is 8.62. The Hall–Kier alpha value is -2.00. The van der Waals surface area contributed by atoms with Gasteiger partial charge in [-0.15, -0.1) is 12.4 Å². The van der Waals surface area contributed by atoms with E-state index in [0.717, 1.165) is 28.9 Å². The molecule has 1 aliphatic rings. The van der Waals surface area contributed by atoms with Crippen molar-refractivity contribution >= 4 is 45.0 Å². The van der Waals surface area contributed by atoms with Crippen molar-refractivity contribution in [1.82, 2.24) is 20.1 Å². The molecule has 0 atom stereocenters. The number of thiazole rings is 1. The summed E-state index contributed by atoms with van der Waals surface area (Å²) < 4.78 is 8.07. The van der Waals surface area contributed by atoms with E-state index in [2.05, 4.69) is 20.7 Å². The van der Waals surface area contributed by atoms with Gasteiger partial charge in [-0.05, 0) is 38.1 Å². The fraction of sp³-hybridized carbons (Fsp3) is 0.389. The number of aromatic nitrogens is 3. The van der Waals surface area contributed by atoms with Crippen molar-refractivity contribution in [3.05, 3.63) is 42.2 Å². The van der Waals surface area contributed by atoms with Crippen LogP contribution in [0.5, 0.6) is 0 Å². The van der Waals surface area contributed by atoms with E-state index in [-0.39, 0.29) is 18.3 Å². The molecule has 0 spiro atoms. The van der Waals surface area contributed by atoms with Crippen LogP contribution in [0.2, 0.25) is 0 Å². The van der Waals surface area contributed by atoms with Crippen LogP contribution in [0.4, 0.5) is 5.13 Å². The predicted octanol–water partition coefficient (Wildman–Crippen LogP) is 2.78. The van der Waals surface area contributed by atoms with E-state index < -0.39 is 5.54 Å². The number of methoxy groups -OCH3 is 1. The van der Waals surface area contributed by atoms with Crippen LogP contribution in [0.15, 0.2) is 36.7 Å². The summed E-state index contributed by atoms with van der Waals surface area (Å²) in [6.45, 7) is 2.06. The molecule has 0 unspecified atom stereocenters. The summed E-state index contributed by atoms with van der Waals surface area (Å²) in [6.07, 6.45) is 4.96. The molecule has 1 saturated heterocycles. The van der Waals surface area contributed by atoms with Gasteiger partial charge in [0.05, 0.1) is 16.8 Å². The molecular weight excluding hydrogens is 386 g/mol. The number of amides is 1. The Labute approximate surface area is 167 Å². The van der Waals surface area contributed by atoms with Gasteiger partial charge in [0, 0.05) is 25.1 Å². The third-order valence-electron chi connectivity index (χ3n) is 4.82. The standard InChI is InChI=1S/C18H21N5O2S.ClH/c1-25-12-13-4-2-5-14-15(13)21-17(26-14)22-16(24)18(6-9-19-10-7-18)23-11-3-8-20-23;/h2-5,8,11,19H,6-7,9-10,12H2,1H3,(H,21,22,24);1H. The van der Waals surface area contributed by atoms with Gasteiger partial charge < -0.3 is 10.1 Å². The Kier molecular flexibility index (Phi) is 6.11. The Morgan fingerprint density at radius 3 is 2.89 bits per heavy atom.